The lowest BCUT2D eigenvalue weighted by Crippen LogP contribution is -2.60. The van der Waals surface area contributed by atoms with Gasteiger partial charge >= 0.3 is 0 Å². The third-order valence-electron chi connectivity index (χ3n) is 17.1. The first-order chi connectivity index (χ1) is 41.3. The maximum Gasteiger partial charge on any atom is 0.220 e. The normalized spacial score (nSPS) is 18.6. The summed E-state index contributed by atoms with van der Waals surface area (Å²) in [5, 5.41) is 55.0. The van der Waals surface area contributed by atoms with E-state index in [0.29, 0.717) is 12.8 Å². The number of hydrogen-bond donors (Lipinski definition) is 6. The minimum Gasteiger partial charge on any atom is -0.394 e. The summed E-state index contributed by atoms with van der Waals surface area (Å²) in [7, 11) is 0. The fraction of sp³-hybridized carbons (Fsp3) is 0.827. The maximum atomic E-state index is 13.2. The molecular formula is C75H137NO8. The van der Waals surface area contributed by atoms with Crippen molar-refractivity contribution < 1.29 is 39.8 Å². The van der Waals surface area contributed by atoms with Crippen LogP contribution in [0.1, 0.15) is 341 Å². The zero-order valence-corrected chi connectivity index (χ0v) is 54.9. The average molecular weight is 1180 g/mol. The quantitative estimate of drug-likeness (QED) is 0.0261. The molecule has 84 heavy (non-hydrogen) atoms. The molecule has 0 aromatic heterocycles. The van der Waals surface area contributed by atoms with Crippen molar-refractivity contribution in [3.63, 3.8) is 0 Å². The van der Waals surface area contributed by atoms with Crippen molar-refractivity contribution in [2.45, 2.75) is 384 Å². The van der Waals surface area contributed by atoms with Gasteiger partial charge in [0.05, 0.1) is 25.4 Å². The molecule has 0 radical (unpaired) electrons. The predicted octanol–water partition coefficient (Wildman–Crippen LogP) is 19.9. The Hall–Kier alpha value is -2.37. The van der Waals surface area contributed by atoms with Crippen LogP contribution in [0.3, 0.4) is 0 Å². The highest BCUT2D eigenvalue weighted by Gasteiger charge is 2.44. The van der Waals surface area contributed by atoms with E-state index >= 15 is 0 Å². The lowest BCUT2D eigenvalue weighted by Gasteiger charge is -2.40. The van der Waals surface area contributed by atoms with Gasteiger partial charge in [-0.05, 0) is 64.2 Å². The van der Waals surface area contributed by atoms with Crippen molar-refractivity contribution >= 4 is 5.91 Å². The van der Waals surface area contributed by atoms with Crippen LogP contribution in [0.5, 0.6) is 0 Å². The number of unbranched alkanes of at least 4 members (excludes halogenated alkanes) is 41. The second-order valence-electron chi connectivity index (χ2n) is 25.0. The molecule has 0 aliphatic carbocycles. The molecule has 7 atom stereocenters. The number of hydrogen-bond acceptors (Lipinski definition) is 8. The van der Waals surface area contributed by atoms with Crippen LogP contribution in [-0.4, -0.2) is 87.5 Å². The molecule has 1 rings (SSSR count). The van der Waals surface area contributed by atoms with Gasteiger partial charge in [-0.1, -0.05) is 344 Å². The molecule has 6 N–H and O–H groups in total. The fourth-order valence-corrected chi connectivity index (χ4v) is 11.5. The van der Waals surface area contributed by atoms with Crippen LogP contribution in [0.25, 0.3) is 0 Å². The standard InChI is InChI=1S/C75H137NO8/c1-3-5-7-9-11-13-15-17-19-21-23-25-27-29-31-33-34-35-36-37-39-41-43-45-47-49-51-53-55-57-59-61-63-65-71(79)76-68(67-83-75-74(82)73(81)72(80)70(66-77)84-75)69(78)64-62-60-58-56-54-52-50-48-46-44-42-40-38-32-30-28-26-24-22-20-18-16-14-12-10-8-6-4-2/h5,7,11,13,17,19,23,25,29,31,34-35,68-70,72-75,77-78,80-82H,3-4,6,8-10,12,14-16,18,20-22,24,26-28,30,32-33,36-67H2,1-2H3,(H,76,79)/b7-5-,13-11-,19-17-,25-23-,31-29-,35-34-. The first kappa shape index (κ1) is 79.6. The smallest absolute Gasteiger partial charge is 0.220 e. The molecular weight excluding hydrogens is 1040 g/mol. The Morgan fingerprint density at radius 2 is 0.738 bits per heavy atom. The molecule has 7 unspecified atom stereocenters. The monoisotopic (exact) mass is 1180 g/mol. The summed E-state index contributed by atoms with van der Waals surface area (Å²) in [4.78, 5) is 13.2. The van der Waals surface area contributed by atoms with Crippen LogP contribution < -0.4 is 5.32 Å². The molecule has 1 fully saturated rings. The highest BCUT2D eigenvalue weighted by atomic mass is 16.7. The largest absolute Gasteiger partial charge is 0.394 e. The van der Waals surface area contributed by atoms with Gasteiger partial charge in [0.25, 0.3) is 0 Å². The minimum absolute atomic E-state index is 0.138. The van der Waals surface area contributed by atoms with E-state index < -0.39 is 49.5 Å². The molecule has 0 spiro atoms. The fourth-order valence-electron chi connectivity index (χ4n) is 11.5. The van der Waals surface area contributed by atoms with Crippen LogP contribution in [-0.2, 0) is 14.3 Å². The van der Waals surface area contributed by atoms with Crippen LogP contribution >= 0.6 is 0 Å². The van der Waals surface area contributed by atoms with Gasteiger partial charge in [-0.25, -0.2) is 0 Å². The third-order valence-corrected chi connectivity index (χ3v) is 17.1. The first-order valence-corrected chi connectivity index (χ1v) is 36.1. The Labute approximate surface area is 519 Å². The SMILES string of the molecule is CC/C=C\C/C=C\C/C=C\C/C=C\C/C=C\C/C=C\CCCCCCCCCCCCCCCCC(=O)NC(COC1OC(CO)C(O)C(O)C1O)C(O)CCCCCCCCCCCCCCCCCCCCCCCCCCCCCC. The van der Waals surface area contributed by atoms with E-state index in [9.17, 15) is 30.3 Å². The van der Waals surface area contributed by atoms with Crippen LogP contribution in [0.2, 0.25) is 0 Å². The number of allylic oxidation sites excluding steroid dienone is 12. The predicted molar refractivity (Wildman–Crippen MR) is 359 cm³/mol. The number of ether oxygens (including phenoxy) is 2. The molecule has 1 aliphatic rings. The van der Waals surface area contributed by atoms with Crippen LogP contribution in [0.15, 0.2) is 72.9 Å². The Bertz CT molecular complexity index is 1560. The molecule has 0 aromatic carbocycles. The van der Waals surface area contributed by atoms with Crippen molar-refractivity contribution in [2.75, 3.05) is 13.2 Å². The molecule has 0 bridgehead atoms. The Balaban J connectivity index is 2.11. The van der Waals surface area contributed by atoms with E-state index in [1.807, 2.05) is 0 Å². The van der Waals surface area contributed by atoms with Crippen molar-refractivity contribution in [3.05, 3.63) is 72.9 Å². The molecule has 0 aromatic rings. The maximum absolute atomic E-state index is 13.2. The second-order valence-corrected chi connectivity index (χ2v) is 25.0. The van der Waals surface area contributed by atoms with Gasteiger partial charge in [0, 0.05) is 6.42 Å². The first-order valence-electron chi connectivity index (χ1n) is 36.1. The zero-order valence-electron chi connectivity index (χ0n) is 54.9. The molecule has 1 amide bonds. The topological polar surface area (TPSA) is 149 Å². The van der Waals surface area contributed by atoms with Gasteiger partial charge in [0.15, 0.2) is 6.29 Å². The van der Waals surface area contributed by atoms with E-state index in [1.165, 1.54) is 238 Å². The van der Waals surface area contributed by atoms with Gasteiger partial charge in [0.2, 0.25) is 5.91 Å². The Morgan fingerprint density at radius 3 is 1.10 bits per heavy atom. The van der Waals surface area contributed by atoms with Crippen molar-refractivity contribution in [3.8, 4) is 0 Å². The van der Waals surface area contributed by atoms with E-state index in [4.69, 9.17) is 9.47 Å². The molecule has 1 aliphatic heterocycles. The highest BCUT2D eigenvalue weighted by molar-refractivity contribution is 5.76. The summed E-state index contributed by atoms with van der Waals surface area (Å²) in [5.41, 5.74) is 0. The number of rotatable bonds is 63. The number of carbonyl (C=O) groups is 1. The van der Waals surface area contributed by atoms with Crippen molar-refractivity contribution in [2.24, 2.45) is 0 Å². The van der Waals surface area contributed by atoms with Crippen LogP contribution in [0.4, 0.5) is 0 Å². The van der Waals surface area contributed by atoms with E-state index in [0.717, 1.165) is 77.0 Å². The van der Waals surface area contributed by atoms with Gasteiger partial charge < -0.3 is 40.3 Å². The van der Waals surface area contributed by atoms with Gasteiger partial charge in [-0.3, -0.25) is 4.79 Å². The van der Waals surface area contributed by atoms with Crippen molar-refractivity contribution in [1.29, 1.82) is 0 Å². The Kier molecular flexibility index (Phi) is 60.3. The van der Waals surface area contributed by atoms with Crippen LogP contribution in [0, 0.1) is 0 Å². The van der Waals surface area contributed by atoms with Gasteiger partial charge in [0.1, 0.15) is 24.4 Å². The molecule has 490 valence electrons. The summed E-state index contributed by atoms with van der Waals surface area (Å²) in [5.74, 6) is -0.142. The van der Waals surface area contributed by atoms with Crippen molar-refractivity contribution in [1.82, 2.24) is 5.32 Å². The minimum atomic E-state index is -1.56. The summed E-state index contributed by atoms with van der Waals surface area (Å²) in [6.45, 7) is 3.77. The molecule has 0 saturated carbocycles. The van der Waals surface area contributed by atoms with Gasteiger partial charge in [-0.15, -0.1) is 0 Å². The molecule has 1 saturated heterocycles. The third kappa shape index (κ3) is 51.7. The Morgan fingerprint density at radius 1 is 0.417 bits per heavy atom. The second kappa shape index (κ2) is 63.6. The summed E-state index contributed by atoms with van der Waals surface area (Å²) in [6, 6.07) is -0.724. The molecule has 1 heterocycles. The van der Waals surface area contributed by atoms with E-state index in [-0.39, 0.29) is 12.5 Å². The van der Waals surface area contributed by atoms with E-state index in [2.05, 4.69) is 92.1 Å². The average Bonchev–Trinajstić information content (AvgIpc) is 3.70. The number of nitrogens with one attached hydrogen (secondary N) is 1. The summed E-state index contributed by atoms with van der Waals surface area (Å²) in [6.07, 6.45) is 82.6. The lowest BCUT2D eigenvalue weighted by molar-refractivity contribution is -0.302. The zero-order chi connectivity index (χ0) is 60.7. The number of amides is 1. The number of aliphatic hydroxyl groups is 5. The molecule has 9 nitrogen and oxygen atoms in total. The highest BCUT2D eigenvalue weighted by Crippen LogP contribution is 2.24. The van der Waals surface area contributed by atoms with E-state index in [1.54, 1.807) is 0 Å². The summed E-state index contributed by atoms with van der Waals surface area (Å²) >= 11 is 0. The lowest BCUT2D eigenvalue weighted by atomic mass is 9.99. The molecule has 9 heteroatoms. The number of aliphatic hydroxyl groups excluding tert-OH is 5. The summed E-state index contributed by atoms with van der Waals surface area (Å²) < 4.78 is 11.4. The van der Waals surface area contributed by atoms with Gasteiger partial charge in [-0.2, -0.15) is 0 Å². The number of carbonyl (C=O) groups excluding carboxylic acids is 1.